The quantitative estimate of drug-likeness (QED) is 0.319. The highest BCUT2D eigenvalue weighted by Gasteiger charge is 2.19. The van der Waals surface area contributed by atoms with E-state index in [0.29, 0.717) is 39.6 Å². The largest absolute Gasteiger partial charge is 0.455 e. The topological polar surface area (TPSA) is 69.1 Å². The lowest BCUT2D eigenvalue weighted by Gasteiger charge is -2.08. The van der Waals surface area contributed by atoms with Crippen LogP contribution in [0.1, 0.15) is 5.56 Å². The second-order valence-corrected chi connectivity index (χ2v) is 7.78. The van der Waals surface area contributed by atoms with Gasteiger partial charge in [-0.25, -0.2) is 0 Å². The van der Waals surface area contributed by atoms with Crippen LogP contribution in [-0.4, -0.2) is 10.1 Å². The Kier molecular flexibility index (Phi) is 4.56. The Morgan fingerprint density at radius 1 is 0.900 bits per heavy atom. The second kappa shape index (κ2) is 7.39. The Balaban J connectivity index is 1.71. The normalized spacial score (nSPS) is 11.1. The van der Waals surface area contributed by atoms with Crippen molar-refractivity contribution in [2.75, 3.05) is 0 Å². The summed E-state index contributed by atoms with van der Waals surface area (Å²) in [6.45, 7) is 1.78. The Labute approximate surface area is 180 Å². The molecule has 0 aliphatic rings. The van der Waals surface area contributed by atoms with Crippen molar-refractivity contribution in [2.45, 2.75) is 6.92 Å². The number of hydrogen-bond donors (Lipinski definition) is 0. The summed E-state index contributed by atoms with van der Waals surface area (Å²) in [5, 5.41) is 4.58. The number of aromatic nitrogens is 2. The molecular weight excluding hydrogens is 444 g/mol. The van der Waals surface area contributed by atoms with E-state index < -0.39 is 0 Å². The molecule has 0 saturated heterocycles. The molecule has 0 spiro atoms. The molecule has 2 aromatic heterocycles. The summed E-state index contributed by atoms with van der Waals surface area (Å²) in [6, 6.07) is 22.6. The summed E-state index contributed by atoms with van der Waals surface area (Å²) in [4.78, 5) is 17.6. The SMILES string of the molecule is Cc1c(-c2ccccc2)oc2c(-c3nc(-c4cccc(Br)c4)no3)cccc2c1=O. The average Bonchev–Trinajstić information content (AvgIpc) is 3.26. The summed E-state index contributed by atoms with van der Waals surface area (Å²) < 4.78 is 12.7. The van der Waals surface area contributed by atoms with Crippen LogP contribution in [0.4, 0.5) is 0 Å². The van der Waals surface area contributed by atoms with Gasteiger partial charge < -0.3 is 8.94 Å². The fourth-order valence-corrected chi connectivity index (χ4v) is 3.82. The lowest BCUT2D eigenvalue weighted by molar-refractivity contribution is 0.432. The van der Waals surface area contributed by atoms with Crippen molar-refractivity contribution in [3.05, 3.63) is 93.1 Å². The van der Waals surface area contributed by atoms with Gasteiger partial charge in [0, 0.05) is 21.2 Å². The molecule has 0 aliphatic heterocycles. The van der Waals surface area contributed by atoms with E-state index in [-0.39, 0.29) is 5.43 Å². The molecule has 0 saturated carbocycles. The van der Waals surface area contributed by atoms with E-state index in [1.54, 1.807) is 19.1 Å². The van der Waals surface area contributed by atoms with Gasteiger partial charge in [-0.15, -0.1) is 0 Å². The van der Waals surface area contributed by atoms with E-state index in [1.165, 1.54) is 0 Å². The molecule has 5 rings (SSSR count). The number of hydrogen-bond acceptors (Lipinski definition) is 5. The van der Waals surface area contributed by atoms with E-state index >= 15 is 0 Å². The number of halogens is 1. The van der Waals surface area contributed by atoms with E-state index in [4.69, 9.17) is 8.94 Å². The number of rotatable bonds is 3. The molecule has 5 nitrogen and oxygen atoms in total. The summed E-state index contributed by atoms with van der Waals surface area (Å²) in [5.74, 6) is 1.29. The van der Waals surface area contributed by atoms with Gasteiger partial charge in [0.1, 0.15) is 5.76 Å². The zero-order valence-electron chi connectivity index (χ0n) is 15.9. The maximum absolute atomic E-state index is 13.0. The molecule has 0 amide bonds. The van der Waals surface area contributed by atoms with Crippen molar-refractivity contribution in [2.24, 2.45) is 0 Å². The maximum Gasteiger partial charge on any atom is 0.262 e. The molecule has 30 heavy (non-hydrogen) atoms. The Morgan fingerprint density at radius 3 is 2.47 bits per heavy atom. The Hall–Kier alpha value is -3.51. The molecule has 0 unspecified atom stereocenters. The zero-order valence-corrected chi connectivity index (χ0v) is 17.5. The molecule has 0 bridgehead atoms. The molecule has 3 aromatic carbocycles. The van der Waals surface area contributed by atoms with Crippen molar-refractivity contribution in [3.8, 4) is 34.2 Å². The third-order valence-electron chi connectivity index (χ3n) is 4.92. The number of para-hydroxylation sites is 1. The van der Waals surface area contributed by atoms with E-state index in [0.717, 1.165) is 15.6 Å². The lowest BCUT2D eigenvalue weighted by atomic mass is 10.0. The fraction of sp³-hybridized carbons (Fsp3) is 0.0417. The highest BCUT2D eigenvalue weighted by atomic mass is 79.9. The molecular formula is C24H15BrN2O3. The van der Waals surface area contributed by atoms with E-state index in [1.807, 2.05) is 60.7 Å². The molecule has 0 aliphatic carbocycles. The van der Waals surface area contributed by atoms with Gasteiger partial charge in [-0.05, 0) is 31.2 Å². The van der Waals surface area contributed by atoms with Crippen LogP contribution in [0.15, 0.2) is 91.0 Å². The summed E-state index contributed by atoms with van der Waals surface area (Å²) >= 11 is 3.45. The van der Waals surface area contributed by atoms with Gasteiger partial charge in [0.15, 0.2) is 11.0 Å². The predicted octanol–water partition coefficient (Wildman–Crippen LogP) is 6.25. The molecule has 0 atom stereocenters. The standard InChI is InChI=1S/C24H15BrN2O3/c1-14-20(28)18-11-6-12-19(22(18)29-21(14)15-7-3-2-4-8-15)24-26-23(27-30-24)16-9-5-10-17(25)13-16/h2-13H,1H3. The van der Waals surface area contributed by atoms with E-state index in [2.05, 4.69) is 26.1 Å². The van der Waals surface area contributed by atoms with Crippen molar-refractivity contribution >= 4 is 26.9 Å². The first-order chi connectivity index (χ1) is 14.6. The third-order valence-corrected chi connectivity index (χ3v) is 5.41. The van der Waals surface area contributed by atoms with Gasteiger partial charge in [0.05, 0.1) is 10.9 Å². The van der Waals surface area contributed by atoms with Crippen LogP contribution in [0.2, 0.25) is 0 Å². The summed E-state index contributed by atoms with van der Waals surface area (Å²) in [6.07, 6.45) is 0. The van der Waals surface area contributed by atoms with E-state index in [9.17, 15) is 4.79 Å². The van der Waals surface area contributed by atoms with Gasteiger partial charge in [-0.3, -0.25) is 4.79 Å². The number of fused-ring (bicyclic) bond motifs is 1. The van der Waals surface area contributed by atoms with Crippen molar-refractivity contribution in [1.82, 2.24) is 10.1 Å². The van der Waals surface area contributed by atoms with Crippen LogP contribution in [0.3, 0.4) is 0 Å². The summed E-state index contributed by atoms with van der Waals surface area (Å²) in [7, 11) is 0. The molecule has 5 aromatic rings. The van der Waals surface area contributed by atoms with Crippen LogP contribution in [0.5, 0.6) is 0 Å². The van der Waals surface area contributed by atoms with Crippen molar-refractivity contribution in [3.63, 3.8) is 0 Å². The first-order valence-electron chi connectivity index (χ1n) is 9.33. The molecule has 0 radical (unpaired) electrons. The van der Waals surface area contributed by atoms with Gasteiger partial charge in [-0.1, -0.05) is 69.6 Å². The van der Waals surface area contributed by atoms with Crippen molar-refractivity contribution in [1.29, 1.82) is 0 Å². The minimum Gasteiger partial charge on any atom is -0.455 e. The molecule has 2 heterocycles. The molecule has 146 valence electrons. The van der Waals surface area contributed by atoms with Crippen LogP contribution in [-0.2, 0) is 0 Å². The van der Waals surface area contributed by atoms with Gasteiger partial charge >= 0.3 is 0 Å². The van der Waals surface area contributed by atoms with Gasteiger partial charge in [0.2, 0.25) is 5.82 Å². The molecule has 6 heteroatoms. The van der Waals surface area contributed by atoms with Gasteiger partial charge in [0.25, 0.3) is 5.89 Å². The fourth-order valence-electron chi connectivity index (χ4n) is 3.42. The number of benzene rings is 3. The minimum absolute atomic E-state index is 0.0799. The highest BCUT2D eigenvalue weighted by molar-refractivity contribution is 9.10. The Bertz CT molecular complexity index is 1440. The van der Waals surface area contributed by atoms with Crippen LogP contribution < -0.4 is 5.43 Å². The van der Waals surface area contributed by atoms with Crippen LogP contribution in [0, 0.1) is 6.92 Å². The summed E-state index contributed by atoms with van der Waals surface area (Å²) in [5.41, 5.74) is 3.15. The van der Waals surface area contributed by atoms with Crippen molar-refractivity contribution < 1.29 is 8.94 Å². The first-order valence-corrected chi connectivity index (χ1v) is 10.1. The van der Waals surface area contributed by atoms with Crippen LogP contribution in [0.25, 0.3) is 45.1 Å². The van der Waals surface area contributed by atoms with Crippen LogP contribution >= 0.6 is 15.9 Å². The molecule has 0 N–H and O–H groups in total. The lowest BCUT2D eigenvalue weighted by Crippen LogP contribution is -2.07. The smallest absolute Gasteiger partial charge is 0.262 e. The van der Waals surface area contributed by atoms with Gasteiger partial charge in [-0.2, -0.15) is 4.98 Å². The zero-order chi connectivity index (χ0) is 20.7. The average molecular weight is 459 g/mol. The number of nitrogens with zero attached hydrogens (tertiary/aromatic N) is 2. The maximum atomic E-state index is 13.0. The minimum atomic E-state index is -0.0799. The molecule has 0 fully saturated rings. The highest BCUT2D eigenvalue weighted by Crippen LogP contribution is 2.32. The monoisotopic (exact) mass is 458 g/mol. The third kappa shape index (κ3) is 3.15. The first kappa shape index (κ1) is 18.5. The predicted molar refractivity (Wildman–Crippen MR) is 119 cm³/mol. The Morgan fingerprint density at radius 2 is 1.67 bits per heavy atom. The second-order valence-electron chi connectivity index (χ2n) is 6.87.